The van der Waals surface area contributed by atoms with Crippen LogP contribution in [0, 0.1) is 0 Å². The molecule has 1 saturated carbocycles. The standard InChI is InChI=1S/C10H9BrN2/c11-7-3-8-9(6-1-2-6)5-13-10(8)12-4-7/h3-6H,1-2H2,(H,12,13). The monoisotopic (exact) mass is 236 g/mol. The Hall–Kier alpha value is -0.830. The van der Waals surface area contributed by atoms with Crippen molar-refractivity contribution in [2.24, 2.45) is 0 Å². The van der Waals surface area contributed by atoms with Gasteiger partial charge >= 0.3 is 0 Å². The van der Waals surface area contributed by atoms with Gasteiger partial charge in [0.2, 0.25) is 0 Å². The van der Waals surface area contributed by atoms with Crippen LogP contribution in [0.25, 0.3) is 11.0 Å². The van der Waals surface area contributed by atoms with Crippen LogP contribution < -0.4 is 0 Å². The Morgan fingerprint density at radius 2 is 2.31 bits per heavy atom. The first-order chi connectivity index (χ1) is 6.34. The highest BCUT2D eigenvalue weighted by molar-refractivity contribution is 9.10. The van der Waals surface area contributed by atoms with Crippen LogP contribution in [0.3, 0.4) is 0 Å². The summed E-state index contributed by atoms with van der Waals surface area (Å²) in [5.41, 5.74) is 2.44. The number of aromatic amines is 1. The van der Waals surface area contributed by atoms with E-state index in [0.717, 1.165) is 16.0 Å². The Kier molecular flexibility index (Phi) is 1.50. The van der Waals surface area contributed by atoms with Gasteiger partial charge in [0.15, 0.2) is 0 Å². The van der Waals surface area contributed by atoms with Gasteiger partial charge < -0.3 is 4.98 Å². The van der Waals surface area contributed by atoms with Gasteiger partial charge in [-0.25, -0.2) is 4.98 Å². The van der Waals surface area contributed by atoms with E-state index in [2.05, 4.69) is 38.2 Å². The predicted molar refractivity (Wildman–Crippen MR) is 55.8 cm³/mol. The summed E-state index contributed by atoms with van der Waals surface area (Å²) in [6.45, 7) is 0. The number of H-pyrrole nitrogens is 1. The molecule has 2 nitrogen and oxygen atoms in total. The molecule has 66 valence electrons. The third kappa shape index (κ3) is 1.18. The fourth-order valence-electron chi connectivity index (χ4n) is 1.73. The number of nitrogens with zero attached hydrogens (tertiary/aromatic N) is 1. The second kappa shape index (κ2) is 2.58. The fraction of sp³-hybridized carbons (Fsp3) is 0.300. The molecule has 0 spiro atoms. The molecule has 13 heavy (non-hydrogen) atoms. The minimum atomic E-state index is 0.782. The number of hydrogen-bond acceptors (Lipinski definition) is 1. The summed E-state index contributed by atoms with van der Waals surface area (Å²) >= 11 is 3.44. The second-order valence-electron chi connectivity index (χ2n) is 3.57. The SMILES string of the molecule is Brc1cnc2[nH]cc(C3CC3)c2c1. The molecule has 1 fully saturated rings. The number of fused-ring (bicyclic) bond motifs is 1. The van der Waals surface area contributed by atoms with Crippen molar-refractivity contribution in [1.82, 2.24) is 9.97 Å². The normalized spacial score (nSPS) is 16.7. The summed E-state index contributed by atoms with van der Waals surface area (Å²) in [6.07, 6.45) is 6.59. The summed E-state index contributed by atoms with van der Waals surface area (Å²) in [6, 6.07) is 2.15. The number of nitrogens with one attached hydrogen (secondary N) is 1. The molecule has 0 bridgehead atoms. The summed E-state index contributed by atoms with van der Waals surface area (Å²) in [5, 5.41) is 1.27. The first-order valence-electron chi connectivity index (χ1n) is 4.47. The second-order valence-corrected chi connectivity index (χ2v) is 4.48. The molecule has 2 aromatic heterocycles. The zero-order valence-electron chi connectivity index (χ0n) is 7.05. The number of rotatable bonds is 1. The molecule has 3 heteroatoms. The van der Waals surface area contributed by atoms with Gasteiger partial charge in [0, 0.05) is 22.3 Å². The molecule has 2 heterocycles. The average molecular weight is 237 g/mol. The van der Waals surface area contributed by atoms with Crippen LogP contribution in [-0.4, -0.2) is 9.97 Å². The molecule has 1 N–H and O–H groups in total. The van der Waals surface area contributed by atoms with E-state index in [9.17, 15) is 0 Å². The first-order valence-corrected chi connectivity index (χ1v) is 5.26. The largest absolute Gasteiger partial charge is 0.346 e. The lowest BCUT2D eigenvalue weighted by Gasteiger charge is -1.94. The van der Waals surface area contributed by atoms with E-state index in [0.29, 0.717) is 0 Å². The van der Waals surface area contributed by atoms with E-state index in [4.69, 9.17) is 0 Å². The van der Waals surface area contributed by atoms with Gasteiger partial charge in [0.1, 0.15) is 5.65 Å². The lowest BCUT2D eigenvalue weighted by Crippen LogP contribution is -1.77. The summed E-state index contributed by atoms with van der Waals surface area (Å²) in [7, 11) is 0. The predicted octanol–water partition coefficient (Wildman–Crippen LogP) is 3.20. The molecule has 0 amide bonds. The van der Waals surface area contributed by atoms with Crippen molar-refractivity contribution in [3.05, 3.63) is 28.5 Å². The topological polar surface area (TPSA) is 28.7 Å². The van der Waals surface area contributed by atoms with E-state index in [1.165, 1.54) is 23.8 Å². The Morgan fingerprint density at radius 3 is 3.08 bits per heavy atom. The highest BCUT2D eigenvalue weighted by Crippen LogP contribution is 2.43. The van der Waals surface area contributed by atoms with E-state index >= 15 is 0 Å². The molecule has 1 aliphatic rings. The van der Waals surface area contributed by atoms with Crippen LogP contribution in [0.2, 0.25) is 0 Å². The van der Waals surface area contributed by atoms with Crippen LogP contribution in [0.4, 0.5) is 0 Å². The third-order valence-electron chi connectivity index (χ3n) is 2.55. The lowest BCUT2D eigenvalue weighted by molar-refractivity contribution is 1.15. The minimum Gasteiger partial charge on any atom is -0.346 e. The fourth-order valence-corrected chi connectivity index (χ4v) is 2.06. The summed E-state index contributed by atoms with van der Waals surface area (Å²) in [5.74, 6) is 0.782. The van der Waals surface area contributed by atoms with E-state index in [1.54, 1.807) is 0 Å². The maximum Gasteiger partial charge on any atom is 0.137 e. The summed E-state index contributed by atoms with van der Waals surface area (Å²) < 4.78 is 1.06. The van der Waals surface area contributed by atoms with Crippen LogP contribution in [0.5, 0.6) is 0 Å². The van der Waals surface area contributed by atoms with Crippen molar-refractivity contribution in [2.75, 3.05) is 0 Å². The zero-order chi connectivity index (χ0) is 8.84. The number of halogens is 1. The highest BCUT2D eigenvalue weighted by atomic mass is 79.9. The molecule has 0 atom stereocenters. The van der Waals surface area contributed by atoms with Gasteiger partial charge in [-0.05, 0) is 46.3 Å². The molecular formula is C10H9BrN2. The molecule has 0 radical (unpaired) electrons. The maximum absolute atomic E-state index is 4.31. The van der Waals surface area contributed by atoms with Crippen molar-refractivity contribution in [3.8, 4) is 0 Å². The average Bonchev–Trinajstić information content (AvgIpc) is 2.87. The van der Waals surface area contributed by atoms with E-state index in [1.807, 2.05) is 6.20 Å². The van der Waals surface area contributed by atoms with E-state index in [-0.39, 0.29) is 0 Å². The highest BCUT2D eigenvalue weighted by Gasteiger charge is 2.26. The third-order valence-corrected chi connectivity index (χ3v) is 2.98. The lowest BCUT2D eigenvalue weighted by atomic mass is 10.1. The maximum atomic E-state index is 4.31. The Balaban J connectivity index is 2.29. The summed E-state index contributed by atoms with van der Waals surface area (Å²) in [4.78, 5) is 7.51. The van der Waals surface area contributed by atoms with Crippen molar-refractivity contribution in [2.45, 2.75) is 18.8 Å². The molecule has 0 aromatic carbocycles. The van der Waals surface area contributed by atoms with Gasteiger partial charge in [0.25, 0.3) is 0 Å². The van der Waals surface area contributed by atoms with Gasteiger partial charge in [-0.3, -0.25) is 0 Å². The van der Waals surface area contributed by atoms with Crippen molar-refractivity contribution in [3.63, 3.8) is 0 Å². The molecule has 3 rings (SSSR count). The molecule has 0 saturated heterocycles. The smallest absolute Gasteiger partial charge is 0.137 e. The number of hydrogen-bond donors (Lipinski definition) is 1. The Bertz CT molecular complexity index is 457. The van der Waals surface area contributed by atoms with E-state index < -0.39 is 0 Å². The molecular weight excluding hydrogens is 228 g/mol. The van der Waals surface area contributed by atoms with Crippen LogP contribution in [0.15, 0.2) is 22.9 Å². The number of pyridine rings is 1. The quantitative estimate of drug-likeness (QED) is 0.810. The van der Waals surface area contributed by atoms with Crippen molar-refractivity contribution < 1.29 is 0 Å². The van der Waals surface area contributed by atoms with Crippen LogP contribution >= 0.6 is 15.9 Å². The van der Waals surface area contributed by atoms with Crippen LogP contribution in [-0.2, 0) is 0 Å². The number of aromatic nitrogens is 2. The first kappa shape index (κ1) is 7.56. The molecule has 2 aromatic rings. The molecule has 0 unspecified atom stereocenters. The van der Waals surface area contributed by atoms with Gasteiger partial charge in [0.05, 0.1) is 0 Å². The van der Waals surface area contributed by atoms with Gasteiger partial charge in [-0.2, -0.15) is 0 Å². The minimum absolute atomic E-state index is 0.782. The van der Waals surface area contributed by atoms with Crippen molar-refractivity contribution in [1.29, 1.82) is 0 Å². The molecule has 0 aliphatic heterocycles. The Labute approximate surface area is 84.5 Å². The van der Waals surface area contributed by atoms with Gasteiger partial charge in [-0.1, -0.05) is 0 Å². The Morgan fingerprint density at radius 1 is 1.46 bits per heavy atom. The molecule has 1 aliphatic carbocycles. The van der Waals surface area contributed by atoms with Gasteiger partial charge in [-0.15, -0.1) is 0 Å². The van der Waals surface area contributed by atoms with Crippen molar-refractivity contribution >= 4 is 27.0 Å². The van der Waals surface area contributed by atoms with Crippen LogP contribution in [0.1, 0.15) is 24.3 Å². The zero-order valence-corrected chi connectivity index (χ0v) is 8.63.